The number of hydrogen-bond acceptors (Lipinski definition) is 3. The van der Waals surface area contributed by atoms with Crippen molar-refractivity contribution in [2.45, 2.75) is 20.4 Å². The number of carbonyl (C=O) groups excluding carboxylic acids is 2. The predicted molar refractivity (Wildman–Crippen MR) is 132 cm³/mol. The lowest BCUT2D eigenvalue weighted by atomic mass is 10.1. The molecule has 0 saturated carbocycles. The minimum absolute atomic E-state index is 0.00407. The second-order valence-electron chi connectivity index (χ2n) is 8.33. The summed E-state index contributed by atoms with van der Waals surface area (Å²) in [5.74, 6) is -0.276. The Labute approximate surface area is 192 Å². The quantitative estimate of drug-likeness (QED) is 0.339. The van der Waals surface area contributed by atoms with Gasteiger partial charge in [0.2, 0.25) is 0 Å². The molecule has 0 unspecified atom stereocenters. The molecule has 4 aromatic rings. The fraction of sp³-hybridized carbons (Fsp3) is 0.107. The van der Waals surface area contributed by atoms with E-state index in [0.717, 1.165) is 44.3 Å². The number of nitrogens with zero attached hydrogens (tertiary/aromatic N) is 2. The monoisotopic (exact) mass is 433 g/mol. The van der Waals surface area contributed by atoms with Crippen molar-refractivity contribution in [1.82, 2.24) is 5.43 Å². The van der Waals surface area contributed by atoms with Crippen molar-refractivity contribution in [1.29, 1.82) is 0 Å². The Bertz CT molecular complexity index is 1420. The highest BCUT2D eigenvalue weighted by atomic mass is 16.2. The van der Waals surface area contributed by atoms with E-state index < -0.39 is 0 Å². The molecule has 0 radical (unpaired) electrons. The van der Waals surface area contributed by atoms with Crippen LogP contribution in [0, 0.1) is 13.8 Å². The number of aryl methyl sites for hydroxylation is 2. The van der Waals surface area contributed by atoms with E-state index in [-0.39, 0.29) is 11.8 Å². The van der Waals surface area contributed by atoms with Gasteiger partial charge in [0.15, 0.2) is 0 Å². The number of hydrazone groups is 1. The maximum atomic E-state index is 13.0. The first-order valence-corrected chi connectivity index (χ1v) is 10.8. The van der Waals surface area contributed by atoms with Crippen molar-refractivity contribution in [3.05, 3.63) is 112 Å². The minimum Gasteiger partial charge on any atom is -0.303 e. The molecule has 33 heavy (non-hydrogen) atoms. The van der Waals surface area contributed by atoms with Gasteiger partial charge in [-0.1, -0.05) is 60.2 Å². The first kappa shape index (κ1) is 20.6. The molecular formula is C28H23N3O2. The third-order valence-corrected chi connectivity index (χ3v) is 6.01. The van der Waals surface area contributed by atoms with Crippen LogP contribution >= 0.6 is 0 Å². The molecule has 0 spiro atoms. The number of benzene rings is 4. The molecule has 0 aliphatic carbocycles. The van der Waals surface area contributed by atoms with Gasteiger partial charge >= 0.3 is 0 Å². The van der Waals surface area contributed by atoms with Crippen LogP contribution in [0.25, 0.3) is 10.8 Å². The Morgan fingerprint density at radius 2 is 1.73 bits per heavy atom. The fourth-order valence-corrected chi connectivity index (χ4v) is 4.20. The van der Waals surface area contributed by atoms with Crippen molar-refractivity contribution in [3.63, 3.8) is 0 Å². The van der Waals surface area contributed by atoms with E-state index in [1.165, 1.54) is 0 Å². The van der Waals surface area contributed by atoms with E-state index >= 15 is 0 Å². The van der Waals surface area contributed by atoms with Crippen molar-refractivity contribution in [2.75, 3.05) is 4.90 Å². The third kappa shape index (κ3) is 3.89. The van der Waals surface area contributed by atoms with Crippen molar-refractivity contribution in [2.24, 2.45) is 5.10 Å². The molecule has 5 nitrogen and oxygen atoms in total. The number of hydrogen-bond donors (Lipinski definition) is 1. The average Bonchev–Trinajstić information content (AvgIpc) is 3.10. The Morgan fingerprint density at radius 1 is 0.970 bits per heavy atom. The van der Waals surface area contributed by atoms with Gasteiger partial charge in [-0.25, -0.2) is 5.43 Å². The Kier molecular flexibility index (Phi) is 5.23. The van der Waals surface area contributed by atoms with Crippen molar-refractivity contribution in [3.8, 4) is 0 Å². The summed E-state index contributed by atoms with van der Waals surface area (Å²) < 4.78 is 0. The zero-order valence-corrected chi connectivity index (χ0v) is 18.5. The van der Waals surface area contributed by atoms with Crippen LogP contribution in [-0.2, 0) is 6.54 Å². The molecule has 0 bridgehead atoms. The average molecular weight is 434 g/mol. The zero-order valence-electron chi connectivity index (χ0n) is 18.5. The molecule has 1 aliphatic rings. The summed E-state index contributed by atoms with van der Waals surface area (Å²) in [6, 6.07) is 25.1. The normalized spacial score (nSPS) is 12.7. The highest BCUT2D eigenvalue weighted by molar-refractivity contribution is 6.24. The van der Waals surface area contributed by atoms with E-state index in [4.69, 9.17) is 0 Å². The fourth-order valence-electron chi connectivity index (χ4n) is 4.20. The van der Waals surface area contributed by atoms with E-state index in [0.29, 0.717) is 12.1 Å². The predicted octanol–water partition coefficient (Wildman–Crippen LogP) is 5.38. The molecule has 5 heteroatoms. The Balaban J connectivity index is 1.28. The molecule has 162 valence electrons. The molecule has 5 rings (SSSR count). The van der Waals surface area contributed by atoms with Crippen LogP contribution in [0.4, 0.5) is 5.69 Å². The van der Waals surface area contributed by atoms with Crippen LogP contribution in [0.2, 0.25) is 0 Å². The first-order chi connectivity index (χ1) is 16.0. The van der Waals surface area contributed by atoms with E-state index in [1.807, 2.05) is 80.6 Å². The third-order valence-electron chi connectivity index (χ3n) is 6.01. The highest BCUT2D eigenvalue weighted by Gasteiger charge is 2.29. The summed E-state index contributed by atoms with van der Waals surface area (Å²) in [6.07, 6.45) is 1.66. The SMILES string of the molecule is Cc1ccc(C)c(C=NNC(=O)c2ccc(CN3C(=O)c4cccc5cccc3c45)cc2)c1. The summed E-state index contributed by atoms with van der Waals surface area (Å²) in [7, 11) is 0. The smallest absolute Gasteiger partial charge is 0.271 e. The van der Waals surface area contributed by atoms with Gasteiger partial charge in [0, 0.05) is 16.5 Å². The largest absolute Gasteiger partial charge is 0.303 e. The molecule has 4 aromatic carbocycles. The van der Waals surface area contributed by atoms with Crippen LogP contribution in [0.3, 0.4) is 0 Å². The van der Waals surface area contributed by atoms with Crippen LogP contribution in [-0.4, -0.2) is 18.0 Å². The van der Waals surface area contributed by atoms with E-state index in [1.54, 1.807) is 23.2 Å². The van der Waals surface area contributed by atoms with Gasteiger partial charge in [-0.05, 0) is 60.2 Å². The number of carbonyl (C=O) groups is 2. The van der Waals surface area contributed by atoms with Gasteiger partial charge in [0.25, 0.3) is 11.8 Å². The van der Waals surface area contributed by atoms with Gasteiger partial charge in [0.05, 0.1) is 18.4 Å². The molecule has 2 amide bonds. The van der Waals surface area contributed by atoms with Crippen LogP contribution in [0.1, 0.15) is 43.0 Å². The van der Waals surface area contributed by atoms with Crippen molar-refractivity contribution >= 4 is 34.5 Å². The number of amides is 2. The Hall–Kier alpha value is -4.25. The lowest BCUT2D eigenvalue weighted by Gasteiger charge is -2.18. The minimum atomic E-state index is -0.280. The molecule has 1 aliphatic heterocycles. The number of anilines is 1. The van der Waals surface area contributed by atoms with Crippen LogP contribution in [0.15, 0.2) is 84.0 Å². The lowest BCUT2D eigenvalue weighted by Crippen LogP contribution is -2.26. The summed E-state index contributed by atoms with van der Waals surface area (Å²) >= 11 is 0. The molecular weight excluding hydrogens is 410 g/mol. The number of nitrogens with one attached hydrogen (secondary N) is 1. The summed E-state index contributed by atoms with van der Waals surface area (Å²) in [4.78, 5) is 27.3. The summed E-state index contributed by atoms with van der Waals surface area (Å²) in [6.45, 7) is 4.47. The highest BCUT2D eigenvalue weighted by Crippen LogP contribution is 2.37. The maximum Gasteiger partial charge on any atom is 0.271 e. The molecule has 0 fully saturated rings. The second kappa shape index (κ2) is 8.36. The maximum absolute atomic E-state index is 13.0. The van der Waals surface area contributed by atoms with Crippen LogP contribution in [0.5, 0.6) is 0 Å². The second-order valence-corrected chi connectivity index (χ2v) is 8.33. The lowest BCUT2D eigenvalue weighted by molar-refractivity contribution is 0.0953. The topological polar surface area (TPSA) is 61.8 Å². The van der Waals surface area contributed by atoms with Crippen LogP contribution < -0.4 is 10.3 Å². The van der Waals surface area contributed by atoms with E-state index in [9.17, 15) is 9.59 Å². The van der Waals surface area contributed by atoms with Gasteiger partial charge in [-0.15, -0.1) is 0 Å². The van der Waals surface area contributed by atoms with E-state index in [2.05, 4.69) is 10.5 Å². The molecule has 0 saturated heterocycles. The van der Waals surface area contributed by atoms with Crippen molar-refractivity contribution < 1.29 is 9.59 Å². The van der Waals surface area contributed by atoms with Gasteiger partial charge in [-0.2, -0.15) is 5.10 Å². The molecule has 1 N–H and O–H groups in total. The zero-order chi connectivity index (χ0) is 22.9. The Morgan fingerprint density at radius 3 is 2.52 bits per heavy atom. The molecule has 0 atom stereocenters. The molecule has 0 aromatic heterocycles. The summed E-state index contributed by atoms with van der Waals surface area (Å²) in [5, 5.41) is 6.17. The van der Waals surface area contributed by atoms with Gasteiger partial charge in [-0.3, -0.25) is 9.59 Å². The number of rotatable bonds is 5. The van der Waals surface area contributed by atoms with Gasteiger partial charge in [0.1, 0.15) is 0 Å². The standard InChI is InChI=1S/C28H23N3O2/c1-18-9-10-19(2)23(15-18)16-29-30-27(32)22-13-11-20(12-14-22)17-31-25-8-4-6-21-5-3-7-24(26(21)25)28(31)33/h3-16H,17H2,1-2H3,(H,30,32). The summed E-state index contributed by atoms with van der Waals surface area (Å²) in [5.41, 5.74) is 8.91. The van der Waals surface area contributed by atoms with Gasteiger partial charge < -0.3 is 4.90 Å². The first-order valence-electron chi connectivity index (χ1n) is 10.8. The molecule has 1 heterocycles.